The van der Waals surface area contributed by atoms with Crippen LogP contribution in [0.15, 0.2) is 0 Å². The number of halogens is 1. The van der Waals surface area contributed by atoms with Gasteiger partial charge in [0, 0.05) is 0 Å². The number of methoxy groups -OCH3 is 1. The van der Waals surface area contributed by atoms with Crippen molar-refractivity contribution >= 4 is 17.3 Å². The highest BCUT2D eigenvalue weighted by Crippen LogP contribution is 1.76. The molecule has 0 aliphatic heterocycles. The summed E-state index contributed by atoms with van der Waals surface area (Å²) in [4.78, 5) is 0. The Morgan fingerprint density at radius 1 is 2.00 bits per heavy atom. The Morgan fingerprint density at radius 3 is 2.50 bits per heavy atom. The van der Waals surface area contributed by atoms with Crippen molar-refractivity contribution in [3.63, 3.8) is 0 Å². The summed E-state index contributed by atoms with van der Waals surface area (Å²) in [7, 11) is 1.35. The van der Waals surface area contributed by atoms with Crippen molar-refractivity contribution in [1.82, 2.24) is 0 Å². The predicted octanol–water partition coefficient (Wildman–Crippen LogP) is 0.930. The molecule has 0 unspecified atom stereocenters. The molecule has 0 radical (unpaired) electrons. The Bertz CT molecular complexity index is 48.8. The molecular weight excluding hydrogens is 103 g/mol. The van der Waals surface area contributed by atoms with Gasteiger partial charge in [0.25, 0.3) is 0 Å². The van der Waals surface area contributed by atoms with Crippen LogP contribution in [0.5, 0.6) is 0 Å². The van der Waals surface area contributed by atoms with E-state index in [4.69, 9.17) is 0 Å². The SMILES string of the molecule is COC(=S)CF. The van der Waals surface area contributed by atoms with Crippen LogP contribution in [0.3, 0.4) is 0 Å². The number of rotatable bonds is 1. The fourth-order valence-corrected chi connectivity index (χ4v) is 0.0546. The smallest absolute Gasteiger partial charge is 0.190 e. The van der Waals surface area contributed by atoms with Gasteiger partial charge in [0.1, 0.15) is 0 Å². The first-order valence-corrected chi connectivity index (χ1v) is 1.85. The van der Waals surface area contributed by atoms with Crippen LogP contribution in [-0.2, 0) is 4.74 Å². The molecule has 0 aromatic rings. The summed E-state index contributed by atoms with van der Waals surface area (Å²) in [6, 6.07) is 0. The molecule has 1 nitrogen and oxygen atoms in total. The summed E-state index contributed by atoms with van der Waals surface area (Å²) in [5.41, 5.74) is 0. The highest BCUT2D eigenvalue weighted by atomic mass is 32.1. The molecule has 0 aromatic carbocycles. The first-order valence-electron chi connectivity index (χ1n) is 1.44. The van der Waals surface area contributed by atoms with E-state index < -0.39 is 6.67 Å². The van der Waals surface area contributed by atoms with Crippen molar-refractivity contribution in [3.05, 3.63) is 0 Å². The molecule has 0 saturated heterocycles. The highest BCUT2D eigenvalue weighted by Gasteiger charge is 1.85. The molecule has 3 heteroatoms. The van der Waals surface area contributed by atoms with E-state index in [0.29, 0.717) is 0 Å². The standard InChI is InChI=1S/C3H5FOS/c1-5-3(6)2-4/h2H2,1H3. The van der Waals surface area contributed by atoms with Gasteiger partial charge in [-0.15, -0.1) is 0 Å². The lowest BCUT2D eigenvalue weighted by Gasteiger charge is -1.89. The third-order valence-corrected chi connectivity index (χ3v) is 0.613. The number of thiocarbonyl (C=S) groups is 1. The van der Waals surface area contributed by atoms with Crippen LogP contribution < -0.4 is 0 Å². The Labute approximate surface area is 41.1 Å². The molecule has 0 aliphatic rings. The van der Waals surface area contributed by atoms with Crippen molar-refractivity contribution in [2.75, 3.05) is 13.8 Å². The lowest BCUT2D eigenvalue weighted by atomic mass is 10.8. The summed E-state index contributed by atoms with van der Waals surface area (Å²) in [5, 5.41) is 0.00926. The van der Waals surface area contributed by atoms with Crippen LogP contribution in [0.2, 0.25) is 0 Å². The van der Waals surface area contributed by atoms with E-state index in [1.54, 1.807) is 0 Å². The Balaban J connectivity index is 2.99. The fraction of sp³-hybridized carbons (Fsp3) is 0.667. The molecule has 0 N–H and O–H groups in total. The van der Waals surface area contributed by atoms with Crippen molar-refractivity contribution < 1.29 is 9.13 Å². The molecule has 0 heterocycles. The van der Waals surface area contributed by atoms with Crippen molar-refractivity contribution in [3.8, 4) is 0 Å². The largest absolute Gasteiger partial charge is 0.488 e. The average Bonchev–Trinajstić information content (AvgIpc) is 1.65. The Kier molecular flexibility index (Phi) is 2.94. The monoisotopic (exact) mass is 108 g/mol. The summed E-state index contributed by atoms with van der Waals surface area (Å²) < 4.78 is 15.4. The third kappa shape index (κ3) is 2.08. The minimum Gasteiger partial charge on any atom is -0.488 e. The molecule has 36 valence electrons. The summed E-state index contributed by atoms with van der Waals surface area (Å²) in [5.74, 6) is 0. The normalized spacial score (nSPS) is 7.67. The van der Waals surface area contributed by atoms with Crippen LogP contribution >= 0.6 is 12.2 Å². The minimum absolute atomic E-state index is 0.00926. The minimum atomic E-state index is -0.661. The van der Waals surface area contributed by atoms with Crippen LogP contribution in [0.25, 0.3) is 0 Å². The van der Waals surface area contributed by atoms with Gasteiger partial charge >= 0.3 is 0 Å². The van der Waals surface area contributed by atoms with Gasteiger partial charge in [0.2, 0.25) is 0 Å². The molecule has 6 heavy (non-hydrogen) atoms. The van der Waals surface area contributed by atoms with Crippen LogP contribution in [0.4, 0.5) is 4.39 Å². The van der Waals surface area contributed by atoms with Gasteiger partial charge in [-0.3, -0.25) is 0 Å². The summed E-state index contributed by atoms with van der Waals surface area (Å²) in [6.07, 6.45) is 0. The molecule has 0 atom stereocenters. The van der Waals surface area contributed by atoms with Gasteiger partial charge in [-0.2, -0.15) is 0 Å². The molecule has 0 aromatic heterocycles. The first kappa shape index (κ1) is 5.82. The first-order chi connectivity index (χ1) is 2.81. The predicted molar refractivity (Wildman–Crippen MR) is 25.6 cm³/mol. The van der Waals surface area contributed by atoms with E-state index in [9.17, 15) is 4.39 Å². The van der Waals surface area contributed by atoms with Crippen molar-refractivity contribution in [2.45, 2.75) is 0 Å². The second-order valence-electron chi connectivity index (χ2n) is 0.710. The molecule has 0 bridgehead atoms. The quantitative estimate of drug-likeness (QED) is 0.462. The fourth-order valence-electron chi connectivity index (χ4n) is 0.0546. The lowest BCUT2D eigenvalue weighted by Crippen LogP contribution is -1.96. The topological polar surface area (TPSA) is 9.23 Å². The van der Waals surface area contributed by atoms with Gasteiger partial charge in [-0.1, -0.05) is 0 Å². The zero-order valence-corrected chi connectivity index (χ0v) is 4.22. The molecule has 0 saturated carbocycles. The lowest BCUT2D eigenvalue weighted by molar-refractivity contribution is 0.382. The second-order valence-corrected chi connectivity index (χ2v) is 1.17. The number of ether oxygens (including phenoxy) is 1. The average molecular weight is 108 g/mol. The van der Waals surface area contributed by atoms with Gasteiger partial charge in [0.15, 0.2) is 11.7 Å². The molecule has 0 rings (SSSR count). The third-order valence-electron chi connectivity index (χ3n) is 0.337. The number of hydrogen-bond donors (Lipinski definition) is 0. The maximum atomic E-state index is 11.1. The van der Waals surface area contributed by atoms with Gasteiger partial charge in [0.05, 0.1) is 7.11 Å². The van der Waals surface area contributed by atoms with Crippen LogP contribution in [-0.4, -0.2) is 18.8 Å². The summed E-state index contributed by atoms with van der Waals surface area (Å²) >= 11 is 4.26. The molecule has 0 spiro atoms. The number of alkyl halides is 1. The highest BCUT2D eigenvalue weighted by molar-refractivity contribution is 7.80. The summed E-state index contributed by atoms with van der Waals surface area (Å²) in [6.45, 7) is -0.661. The van der Waals surface area contributed by atoms with E-state index in [-0.39, 0.29) is 5.05 Å². The second kappa shape index (κ2) is 3.03. The van der Waals surface area contributed by atoms with E-state index in [0.717, 1.165) is 0 Å². The molecule has 0 fully saturated rings. The molecule has 0 aliphatic carbocycles. The van der Waals surface area contributed by atoms with Crippen LogP contribution in [0.1, 0.15) is 0 Å². The van der Waals surface area contributed by atoms with E-state index in [1.807, 2.05) is 0 Å². The molecule has 0 amide bonds. The van der Waals surface area contributed by atoms with E-state index in [1.165, 1.54) is 7.11 Å². The van der Waals surface area contributed by atoms with E-state index in [2.05, 4.69) is 17.0 Å². The Hall–Kier alpha value is -0.180. The van der Waals surface area contributed by atoms with E-state index >= 15 is 0 Å². The van der Waals surface area contributed by atoms with Gasteiger partial charge in [-0.05, 0) is 12.2 Å². The zero-order chi connectivity index (χ0) is 4.99. The number of hydrogen-bond acceptors (Lipinski definition) is 2. The maximum Gasteiger partial charge on any atom is 0.190 e. The Morgan fingerprint density at radius 2 is 2.50 bits per heavy atom. The van der Waals surface area contributed by atoms with Gasteiger partial charge in [-0.25, -0.2) is 4.39 Å². The maximum absolute atomic E-state index is 11.1. The molecular formula is C3H5FOS. The zero-order valence-electron chi connectivity index (χ0n) is 3.40. The van der Waals surface area contributed by atoms with Gasteiger partial charge < -0.3 is 4.74 Å². The van der Waals surface area contributed by atoms with Crippen molar-refractivity contribution in [1.29, 1.82) is 0 Å². The van der Waals surface area contributed by atoms with Crippen molar-refractivity contribution in [2.24, 2.45) is 0 Å². The van der Waals surface area contributed by atoms with Crippen LogP contribution in [0, 0.1) is 0 Å².